The minimum Gasteiger partial charge on any atom is -0.465 e. The Balaban J connectivity index is 1.44. The SMILES string of the molecule is C[C@H]1CN(C(=O)O)c2cc(-c3cnn(CCn4ccnc4)c3)ccc2N1C(=O)C1CC1. The molecule has 2 aliphatic rings. The van der Waals surface area contributed by atoms with Crippen LogP contribution in [0.3, 0.4) is 0 Å². The van der Waals surface area contributed by atoms with Gasteiger partial charge in [0.05, 0.1) is 36.5 Å². The van der Waals surface area contributed by atoms with Crippen molar-refractivity contribution in [2.24, 2.45) is 5.92 Å². The van der Waals surface area contributed by atoms with E-state index in [9.17, 15) is 14.7 Å². The van der Waals surface area contributed by atoms with Gasteiger partial charge in [0.15, 0.2) is 0 Å². The van der Waals surface area contributed by atoms with Crippen molar-refractivity contribution in [2.45, 2.75) is 38.9 Å². The largest absolute Gasteiger partial charge is 0.465 e. The number of imidazole rings is 1. The van der Waals surface area contributed by atoms with Crippen molar-refractivity contribution < 1.29 is 14.7 Å². The Morgan fingerprint density at radius 3 is 2.71 bits per heavy atom. The highest BCUT2D eigenvalue weighted by Gasteiger charge is 2.41. The molecule has 1 fully saturated rings. The summed E-state index contributed by atoms with van der Waals surface area (Å²) in [5, 5.41) is 14.2. The molecule has 1 saturated carbocycles. The third-order valence-electron chi connectivity index (χ3n) is 5.92. The van der Waals surface area contributed by atoms with Crippen molar-refractivity contribution in [1.82, 2.24) is 19.3 Å². The molecule has 1 aromatic carbocycles. The molecule has 5 rings (SSSR count). The van der Waals surface area contributed by atoms with Crippen LogP contribution in [0.5, 0.6) is 0 Å². The zero-order valence-electron chi connectivity index (χ0n) is 17.3. The van der Waals surface area contributed by atoms with Crippen molar-refractivity contribution in [3.8, 4) is 11.1 Å². The van der Waals surface area contributed by atoms with Gasteiger partial charge < -0.3 is 14.6 Å². The molecule has 0 saturated heterocycles. The first-order chi connectivity index (χ1) is 15.0. The molecule has 1 aliphatic carbocycles. The number of aryl methyl sites for hydroxylation is 2. The van der Waals surface area contributed by atoms with Gasteiger partial charge in [-0.1, -0.05) is 6.07 Å². The average Bonchev–Trinajstić information content (AvgIpc) is 3.27. The van der Waals surface area contributed by atoms with Gasteiger partial charge in [0.1, 0.15) is 0 Å². The lowest BCUT2D eigenvalue weighted by Crippen LogP contribution is -2.52. The Labute approximate surface area is 179 Å². The van der Waals surface area contributed by atoms with Gasteiger partial charge in [-0.25, -0.2) is 9.78 Å². The number of carboxylic acid groups (broad SMARTS) is 1. The molecule has 0 spiro atoms. The van der Waals surface area contributed by atoms with E-state index >= 15 is 0 Å². The fourth-order valence-corrected chi connectivity index (χ4v) is 4.12. The summed E-state index contributed by atoms with van der Waals surface area (Å²) in [5.74, 6) is 0.166. The summed E-state index contributed by atoms with van der Waals surface area (Å²) in [6.07, 6.45) is 9.95. The van der Waals surface area contributed by atoms with Gasteiger partial charge in [0.2, 0.25) is 5.91 Å². The molecule has 2 amide bonds. The van der Waals surface area contributed by atoms with E-state index < -0.39 is 6.09 Å². The summed E-state index contributed by atoms with van der Waals surface area (Å²) in [5.41, 5.74) is 2.97. The molecule has 9 heteroatoms. The standard InChI is InChI=1S/C22H24N6O3/c1-15-12-27(22(30)31)20-10-17(4-5-19(20)28(15)21(29)16-2-3-16)18-11-24-26(13-18)9-8-25-7-6-23-14-25/h4-7,10-11,13-16H,2-3,8-9,12H2,1H3,(H,30,31)/t15-/m0/s1. The number of carbonyl (C=O) groups excluding carboxylic acids is 1. The number of carbonyl (C=O) groups is 2. The van der Waals surface area contributed by atoms with Gasteiger partial charge in [-0.3, -0.25) is 14.4 Å². The van der Waals surface area contributed by atoms with Crippen LogP contribution in [0.2, 0.25) is 0 Å². The molecule has 1 N–H and O–H groups in total. The van der Waals surface area contributed by atoms with Gasteiger partial charge >= 0.3 is 6.09 Å². The second-order valence-electron chi connectivity index (χ2n) is 8.22. The molecular formula is C22H24N6O3. The lowest BCUT2D eigenvalue weighted by Gasteiger charge is -2.40. The number of benzene rings is 1. The molecule has 3 heterocycles. The summed E-state index contributed by atoms with van der Waals surface area (Å²) >= 11 is 0. The van der Waals surface area contributed by atoms with Crippen molar-refractivity contribution in [2.75, 3.05) is 16.3 Å². The third kappa shape index (κ3) is 3.67. The normalized spacial score (nSPS) is 18.2. The number of anilines is 2. The number of nitrogens with zero attached hydrogens (tertiary/aromatic N) is 6. The number of hydrogen-bond acceptors (Lipinski definition) is 4. The molecular weight excluding hydrogens is 396 g/mol. The van der Waals surface area contributed by atoms with Crippen molar-refractivity contribution in [3.05, 3.63) is 49.3 Å². The van der Waals surface area contributed by atoms with Crippen molar-refractivity contribution in [3.63, 3.8) is 0 Å². The third-order valence-corrected chi connectivity index (χ3v) is 5.92. The summed E-state index contributed by atoms with van der Waals surface area (Å²) in [7, 11) is 0. The molecule has 31 heavy (non-hydrogen) atoms. The fourth-order valence-electron chi connectivity index (χ4n) is 4.12. The number of amides is 2. The van der Waals surface area contributed by atoms with Crippen LogP contribution in [0.25, 0.3) is 11.1 Å². The first-order valence-corrected chi connectivity index (χ1v) is 10.5. The lowest BCUT2D eigenvalue weighted by molar-refractivity contribution is -0.120. The number of fused-ring (bicyclic) bond motifs is 1. The Morgan fingerprint density at radius 1 is 1.16 bits per heavy atom. The predicted octanol–water partition coefficient (Wildman–Crippen LogP) is 3.08. The van der Waals surface area contributed by atoms with Crippen LogP contribution in [-0.4, -0.2) is 49.0 Å². The second kappa shape index (κ2) is 7.57. The predicted molar refractivity (Wildman–Crippen MR) is 115 cm³/mol. The first kappa shape index (κ1) is 19.3. The Kier molecular flexibility index (Phi) is 4.72. The number of hydrogen-bond donors (Lipinski definition) is 1. The highest BCUT2D eigenvalue weighted by molar-refractivity contribution is 6.04. The van der Waals surface area contributed by atoms with E-state index in [2.05, 4.69) is 10.1 Å². The Bertz CT molecular complexity index is 1120. The molecule has 9 nitrogen and oxygen atoms in total. The molecule has 1 atom stereocenters. The van der Waals surface area contributed by atoms with E-state index in [0.29, 0.717) is 17.9 Å². The van der Waals surface area contributed by atoms with Gasteiger partial charge in [0.25, 0.3) is 0 Å². The van der Waals surface area contributed by atoms with E-state index in [0.717, 1.165) is 30.5 Å². The molecule has 2 aromatic heterocycles. The van der Waals surface area contributed by atoms with Crippen molar-refractivity contribution in [1.29, 1.82) is 0 Å². The van der Waals surface area contributed by atoms with E-state index in [1.165, 1.54) is 4.90 Å². The van der Waals surface area contributed by atoms with Gasteiger partial charge in [-0.05, 0) is 37.5 Å². The van der Waals surface area contributed by atoms with Crippen LogP contribution in [-0.2, 0) is 17.9 Å². The zero-order chi connectivity index (χ0) is 21.5. The zero-order valence-corrected chi connectivity index (χ0v) is 17.3. The second-order valence-corrected chi connectivity index (χ2v) is 8.22. The van der Waals surface area contributed by atoms with E-state index in [1.54, 1.807) is 23.6 Å². The van der Waals surface area contributed by atoms with Crippen LogP contribution in [0.4, 0.5) is 16.2 Å². The maximum Gasteiger partial charge on any atom is 0.411 e. The van der Waals surface area contributed by atoms with Crippen LogP contribution in [0.1, 0.15) is 19.8 Å². The van der Waals surface area contributed by atoms with Crippen LogP contribution >= 0.6 is 0 Å². The maximum atomic E-state index is 12.9. The lowest BCUT2D eigenvalue weighted by atomic mass is 10.0. The summed E-state index contributed by atoms with van der Waals surface area (Å²) < 4.78 is 3.84. The average molecular weight is 420 g/mol. The fraction of sp³-hybridized carbons (Fsp3) is 0.364. The van der Waals surface area contributed by atoms with Gasteiger partial charge in [0, 0.05) is 43.2 Å². The number of aromatic nitrogens is 4. The van der Waals surface area contributed by atoms with Crippen LogP contribution in [0, 0.1) is 5.92 Å². The quantitative estimate of drug-likeness (QED) is 0.684. The summed E-state index contributed by atoms with van der Waals surface area (Å²) in [4.78, 5) is 32.0. The molecule has 1 aliphatic heterocycles. The monoisotopic (exact) mass is 420 g/mol. The van der Waals surface area contributed by atoms with E-state index in [4.69, 9.17) is 0 Å². The minimum atomic E-state index is -1.01. The topological polar surface area (TPSA) is 96.5 Å². The minimum absolute atomic E-state index is 0.0695. The highest BCUT2D eigenvalue weighted by atomic mass is 16.4. The molecule has 3 aromatic rings. The summed E-state index contributed by atoms with van der Waals surface area (Å²) in [6, 6.07) is 5.44. The highest BCUT2D eigenvalue weighted by Crippen LogP contribution is 2.42. The van der Waals surface area contributed by atoms with E-state index in [1.807, 2.05) is 46.8 Å². The molecule has 160 valence electrons. The van der Waals surface area contributed by atoms with Crippen LogP contribution < -0.4 is 9.80 Å². The van der Waals surface area contributed by atoms with Gasteiger partial charge in [-0.2, -0.15) is 5.10 Å². The van der Waals surface area contributed by atoms with Gasteiger partial charge in [-0.15, -0.1) is 0 Å². The Morgan fingerprint density at radius 2 is 2.00 bits per heavy atom. The van der Waals surface area contributed by atoms with E-state index in [-0.39, 0.29) is 24.4 Å². The molecule has 0 unspecified atom stereocenters. The maximum absolute atomic E-state index is 12.9. The number of rotatable bonds is 5. The molecule has 0 bridgehead atoms. The van der Waals surface area contributed by atoms with Crippen molar-refractivity contribution >= 4 is 23.4 Å². The van der Waals surface area contributed by atoms with Crippen LogP contribution in [0.15, 0.2) is 49.3 Å². The summed E-state index contributed by atoms with van der Waals surface area (Å²) in [6.45, 7) is 3.61. The first-order valence-electron chi connectivity index (χ1n) is 10.5. The molecule has 0 radical (unpaired) electrons. The smallest absolute Gasteiger partial charge is 0.411 e. The Hall–Kier alpha value is -3.62.